The van der Waals surface area contributed by atoms with E-state index >= 15 is 0 Å². The van der Waals surface area contributed by atoms with Crippen LogP contribution in [0.4, 0.5) is 4.79 Å². The number of carbonyl (C=O) groups excluding carboxylic acids is 1. The van der Waals surface area contributed by atoms with Gasteiger partial charge in [-0.05, 0) is 19.3 Å². The molecule has 88 valence electrons. The molecule has 4 nitrogen and oxygen atoms in total. The Morgan fingerprint density at radius 3 is 2.67 bits per heavy atom. The maximum atomic E-state index is 11.2. The zero-order valence-corrected chi connectivity index (χ0v) is 10.1. The van der Waals surface area contributed by atoms with Crippen LogP contribution in [0, 0.1) is 5.92 Å². The minimum Gasteiger partial charge on any atom is -0.385 e. The first-order valence-corrected chi connectivity index (χ1v) is 5.28. The van der Waals surface area contributed by atoms with Gasteiger partial charge in [0, 0.05) is 26.5 Å². The van der Waals surface area contributed by atoms with Gasteiger partial charge in [0.2, 0.25) is 0 Å². The second kappa shape index (κ2) is 8.29. The molecule has 0 saturated carbocycles. The zero-order valence-electron chi connectivity index (χ0n) is 10.1. The molecular formula is C11H22N2O2. The molecule has 0 saturated heterocycles. The Morgan fingerprint density at radius 1 is 1.47 bits per heavy atom. The summed E-state index contributed by atoms with van der Waals surface area (Å²) in [7, 11) is 1.65. The van der Waals surface area contributed by atoms with Gasteiger partial charge in [-0.25, -0.2) is 4.79 Å². The molecule has 0 aliphatic rings. The van der Waals surface area contributed by atoms with E-state index in [1.54, 1.807) is 13.3 Å². The number of urea groups is 1. The average Bonchev–Trinajstić information content (AvgIpc) is 2.20. The number of amides is 2. The SMILES string of the molecule is COCCCNC(=O)N/C=C(\C)C(C)C. The van der Waals surface area contributed by atoms with Crippen molar-refractivity contribution in [3.05, 3.63) is 11.8 Å². The molecule has 0 aromatic carbocycles. The molecule has 0 bridgehead atoms. The molecule has 0 rings (SSSR count). The third-order valence-corrected chi connectivity index (χ3v) is 2.15. The quantitative estimate of drug-likeness (QED) is 0.663. The van der Waals surface area contributed by atoms with Crippen LogP contribution in [0.3, 0.4) is 0 Å². The van der Waals surface area contributed by atoms with Crippen LogP contribution in [-0.2, 0) is 4.74 Å². The minimum absolute atomic E-state index is 0.161. The van der Waals surface area contributed by atoms with E-state index < -0.39 is 0 Å². The van der Waals surface area contributed by atoms with E-state index in [1.807, 2.05) is 6.92 Å². The number of ether oxygens (including phenoxy) is 1. The van der Waals surface area contributed by atoms with Gasteiger partial charge in [-0.15, -0.1) is 0 Å². The lowest BCUT2D eigenvalue weighted by atomic mass is 10.1. The fourth-order valence-corrected chi connectivity index (χ4v) is 0.816. The molecular weight excluding hydrogens is 192 g/mol. The molecule has 0 atom stereocenters. The first-order valence-electron chi connectivity index (χ1n) is 5.28. The highest BCUT2D eigenvalue weighted by Crippen LogP contribution is 2.05. The number of allylic oxidation sites excluding steroid dienone is 1. The molecule has 0 aliphatic carbocycles. The minimum atomic E-state index is -0.161. The van der Waals surface area contributed by atoms with Crippen LogP contribution >= 0.6 is 0 Å². The predicted octanol–water partition coefficient (Wildman–Crippen LogP) is 1.88. The number of hydrogen-bond donors (Lipinski definition) is 2. The van der Waals surface area contributed by atoms with Crippen molar-refractivity contribution in [2.45, 2.75) is 27.2 Å². The lowest BCUT2D eigenvalue weighted by Crippen LogP contribution is -2.33. The summed E-state index contributed by atoms with van der Waals surface area (Å²) in [4.78, 5) is 11.2. The van der Waals surface area contributed by atoms with Crippen molar-refractivity contribution in [3.8, 4) is 0 Å². The van der Waals surface area contributed by atoms with Gasteiger partial charge in [-0.1, -0.05) is 19.4 Å². The van der Waals surface area contributed by atoms with Crippen LogP contribution in [0.1, 0.15) is 27.2 Å². The van der Waals surface area contributed by atoms with Crippen LogP contribution < -0.4 is 10.6 Å². The van der Waals surface area contributed by atoms with Gasteiger partial charge < -0.3 is 15.4 Å². The molecule has 2 N–H and O–H groups in total. The Bertz CT molecular complexity index is 213. The van der Waals surface area contributed by atoms with Crippen LogP contribution in [0.2, 0.25) is 0 Å². The second-order valence-corrected chi connectivity index (χ2v) is 3.79. The summed E-state index contributed by atoms with van der Waals surface area (Å²) in [5.41, 5.74) is 1.15. The predicted molar refractivity (Wildman–Crippen MR) is 61.6 cm³/mol. The van der Waals surface area contributed by atoms with Crippen LogP contribution in [-0.4, -0.2) is 26.3 Å². The molecule has 0 unspecified atom stereocenters. The number of nitrogens with one attached hydrogen (secondary N) is 2. The molecule has 0 aromatic heterocycles. The highest BCUT2D eigenvalue weighted by atomic mass is 16.5. The largest absolute Gasteiger partial charge is 0.385 e. The van der Waals surface area contributed by atoms with Crippen molar-refractivity contribution in [2.24, 2.45) is 5.92 Å². The summed E-state index contributed by atoms with van der Waals surface area (Å²) >= 11 is 0. The Labute approximate surface area is 92.1 Å². The van der Waals surface area contributed by atoms with E-state index in [0.29, 0.717) is 19.1 Å². The number of hydrogen-bond acceptors (Lipinski definition) is 2. The third-order valence-electron chi connectivity index (χ3n) is 2.15. The number of methoxy groups -OCH3 is 1. The maximum Gasteiger partial charge on any atom is 0.318 e. The molecule has 0 aliphatic heterocycles. The number of rotatable bonds is 6. The summed E-state index contributed by atoms with van der Waals surface area (Å²) in [6, 6.07) is -0.161. The van der Waals surface area contributed by atoms with Crippen molar-refractivity contribution in [2.75, 3.05) is 20.3 Å². The summed E-state index contributed by atoms with van der Waals surface area (Å²) in [5, 5.41) is 5.42. The second-order valence-electron chi connectivity index (χ2n) is 3.79. The summed E-state index contributed by atoms with van der Waals surface area (Å²) in [6.07, 6.45) is 2.58. The molecule has 0 spiro atoms. The maximum absolute atomic E-state index is 11.2. The van der Waals surface area contributed by atoms with Gasteiger partial charge in [0.15, 0.2) is 0 Å². The van der Waals surface area contributed by atoms with Crippen molar-refractivity contribution in [1.82, 2.24) is 10.6 Å². The summed E-state index contributed by atoms with van der Waals surface area (Å²) in [6.45, 7) is 7.47. The first kappa shape index (κ1) is 14.0. The van der Waals surface area contributed by atoms with Gasteiger partial charge in [-0.3, -0.25) is 0 Å². The van der Waals surface area contributed by atoms with Crippen LogP contribution in [0.15, 0.2) is 11.8 Å². The molecule has 0 aromatic rings. The highest BCUT2D eigenvalue weighted by molar-refractivity contribution is 5.74. The van der Waals surface area contributed by atoms with Crippen molar-refractivity contribution in [1.29, 1.82) is 0 Å². The fourth-order valence-electron chi connectivity index (χ4n) is 0.816. The van der Waals surface area contributed by atoms with E-state index in [1.165, 1.54) is 0 Å². The molecule has 0 fully saturated rings. The molecule has 0 radical (unpaired) electrons. The monoisotopic (exact) mass is 214 g/mol. The van der Waals surface area contributed by atoms with Crippen molar-refractivity contribution in [3.63, 3.8) is 0 Å². The summed E-state index contributed by atoms with van der Waals surface area (Å²) < 4.78 is 4.87. The fraction of sp³-hybridized carbons (Fsp3) is 0.727. The van der Waals surface area contributed by atoms with E-state index in [0.717, 1.165) is 12.0 Å². The molecule has 4 heteroatoms. The molecule has 15 heavy (non-hydrogen) atoms. The standard InChI is InChI=1S/C11H22N2O2/c1-9(2)10(3)8-13-11(14)12-6-5-7-15-4/h8-9H,5-7H2,1-4H3,(H2,12,13,14)/b10-8+. The van der Waals surface area contributed by atoms with E-state index in [9.17, 15) is 4.79 Å². The zero-order chi connectivity index (χ0) is 11.7. The van der Waals surface area contributed by atoms with Gasteiger partial charge in [0.25, 0.3) is 0 Å². The van der Waals surface area contributed by atoms with E-state index in [2.05, 4.69) is 24.5 Å². The topological polar surface area (TPSA) is 50.4 Å². The van der Waals surface area contributed by atoms with E-state index in [-0.39, 0.29) is 6.03 Å². The number of carbonyl (C=O) groups is 1. The smallest absolute Gasteiger partial charge is 0.318 e. The van der Waals surface area contributed by atoms with Gasteiger partial charge >= 0.3 is 6.03 Å². The Hall–Kier alpha value is -1.03. The average molecular weight is 214 g/mol. The van der Waals surface area contributed by atoms with Gasteiger partial charge in [0.1, 0.15) is 0 Å². The molecule has 0 heterocycles. The molecule has 2 amide bonds. The highest BCUT2D eigenvalue weighted by Gasteiger charge is 1.98. The Morgan fingerprint density at radius 2 is 2.13 bits per heavy atom. The summed E-state index contributed by atoms with van der Waals surface area (Å²) in [5.74, 6) is 0.457. The Balaban J connectivity index is 3.61. The lowest BCUT2D eigenvalue weighted by Gasteiger charge is -2.07. The first-order chi connectivity index (χ1) is 7.07. The van der Waals surface area contributed by atoms with Crippen LogP contribution in [0.5, 0.6) is 0 Å². The lowest BCUT2D eigenvalue weighted by molar-refractivity contribution is 0.193. The normalized spacial score (nSPS) is 11.7. The van der Waals surface area contributed by atoms with Crippen LogP contribution in [0.25, 0.3) is 0 Å². The van der Waals surface area contributed by atoms with Gasteiger partial charge in [-0.2, -0.15) is 0 Å². The van der Waals surface area contributed by atoms with Gasteiger partial charge in [0.05, 0.1) is 0 Å². The van der Waals surface area contributed by atoms with E-state index in [4.69, 9.17) is 4.74 Å². The Kier molecular flexibility index (Phi) is 7.72. The van der Waals surface area contributed by atoms with Crippen molar-refractivity contribution < 1.29 is 9.53 Å². The van der Waals surface area contributed by atoms with Crippen molar-refractivity contribution >= 4 is 6.03 Å². The third kappa shape index (κ3) is 8.00.